The van der Waals surface area contributed by atoms with Gasteiger partial charge in [0.1, 0.15) is 12.1 Å². The number of rotatable bonds is 5. The molecule has 10 heteroatoms. The lowest BCUT2D eigenvalue weighted by molar-refractivity contribution is -0.155. The molecular weight excluding hydrogens is 469 g/mol. The molecule has 3 rings (SSSR count). The van der Waals surface area contributed by atoms with E-state index in [1.807, 2.05) is 0 Å². The summed E-state index contributed by atoms with van der Waals surface area (Å²) in [5, 5.41) is 5.76. The van der Waals surface area contributed by atoms with E-state index >= 15 is 0 Å². The van der Waals surface area contributed by atoms with E-state index in [1.165, 1.54) is 6.92 Å². The molecule has 1 aromatic rings. The fourth-order valence-electron chi connectivity index (χ4n) is 4.39. The highest BCUT2D eigenvalue weighted by atomic mass is 35.5. The Bertz CT molecular complexity index is 967. The number of ether oxygens (including phenoxy) is 1. The predicted molar refractivity (Wildman–Crippen MR) is 125 cm³/mol. The summed E-state index contributed by atoms with van der Waals surface area (Å²) in [5.74, 6) is -1.45. The molecule has 1 unspecified atom stereocenters. The first-order chi connectivity index (χ1) is 15.3. The molecule has 1 aliphatic carbocycles. The molecule has 0 aromatic heterocycles. The van der Waals surface area contributed by atoms with Gasteiger partial charge >= 0.3 is 12.0 Å². The second kappa shape index (κ2) is 9.50. The molecule has 1 atom stereocenters. The minimum absolute atomic E-state index is 0.128. The van der Waals surface area contributed by atoms with Crippen LogP contribution in [0.15, 0.2) is 18.2 Å². The predicted octanol–water partition coefficient (Wildman–Crippen LogP) is 4.39. The second-order valence-electron chi connectivity index (χ2n) is 9.77. The molecule has 1 aromatic carbocycles. The topological polar surface area (TPSA) is 105 Å². The highest BCUT2D eigenvalue weighted by Crippen LogP contribution is 2.43. The summed E-state index contributed by atoms with van der Waals surface area (Å²) in [6.45, 7) is 7.33. The highest BCUT2D eigenvalue weighted by molar-refractivity contribution is 6.44. The highest BCUT2D eigenvalue weighted by Gasteiger charge is 2.53. The average Bonchev–Trinajstić information content (AvgIpc) is 2.95. The van der Waals surface area contributed by atoms with Crippen molar-refractivity contribution in [2.75, 3.05) is 11.9 Å². The number of benzene rings is 1. The first-order valence-corrected chi connectivity index (χ1v) is 11.7. The lowest BCUT2D eigenvalue weighted by Crippen LogP contribution is -2.50. The van der Waals surface area contributed by atoms with Gasteiger partial charge in [0, 0.05) is 0 Å². The van der Waals surface area contributed by atoms with Crippen LogP contribution in [0.3, 0.4) is 0 Å². The zero-order chi connectivity index (χ0) is 24.6. The van der Waals surface area contributed by atoms with Crippen LogP contribution in [0.25, 0.3) is 0 Å². The van der Waals surface area contributed by atoms with Crippen LogP contribution in [0.4, 0.5) is 10.5 Å². The summed E-state index contributed by atoms with van der Waals surface area (Å²) in [5.41, 5.74) is -0.562. The number of carbonyl (C=O) groups excluding carboxylic acids is 4. The minimum atomic E-state index is -1.18. The third-order valence-electron chi connectivity index (χ3n) is 6.48. The van der Waals surface area contributed by atoms with E-state index in [-0.39, 0.29) is 21.1 Å². The summed E-state index contributed by atoms with van der Waals surface area (Å²) in [6.07, 6.45) is 1.52. The molecule has 2 fully saturated rings. The van der Waals surface area contributed by atoms with Gasteiger partial charge in [-0.05, 0) is 56.1 Å². The molecule has 8 nitrogen and oxygen atoms in total. The Morgan fingerprint density at radius 1 is 1.24 bits per heavy atom. The fraction of sp³-hybridized carbons (Fsp3) is 0.565. The zero-order valence-electron chi connectivity index (χ0n) is 19.2. The van der Waals surface area contributed by atoms with Crippen LogP contribution in [0.2, 0.25) is 10.0 Å². The van der Waals surface area contributed by atoms with E-state index in [0.29, 0.717) is 18.8 Å². The number of amides is 4. The van der Waals surface area contributed by atoms with E-state index in [2.05, 4.69) is 31.4 Å². The zero-order valence-corrected chi connectivity index (χ0v) is 20.7. The van der Waals surface area contributed by atoms with Crippen molar-refractivity contribution in [3.63, 3.8) is 0 Å². The summed E-state index contributed by atoms with van der Waals surface area (Å²) in [4.78, 5) is 51.2. The summed E-state index contributed by atoms with van der Waals surface area (Å²) in [7, 11) is 0. The van der Waals surface area contributed by atoms with Crippen molar-refractivity contribution in [1.29, 1.82) is 0 Å². The van der Waals surface area contributed by atoms with Gasteiger partial charge in [-0.1, -0.05) is 50.0 Å². The van der Waals surface area contributed by atoms with E-state index in [4.69, 9.17) is 27.9 Å². The van der Waals surface area contributed by atoms with Crippen molar-refractivity contribution < 1.29 is 23.9 Å². The number of urea groups is 1. The van der Waals surface area contributed by atoms with Gasteiger partial charge in [0.05, 0.1) is 15.7 Å². The van der Waals surface area contributed by atoms with Crippen LogP contribution in [0.1, 0.15) is 53.4 Å². The van der Waals surface area contributed by atoms with E-state index in [1.54, 1.807) is 18.2 Å². The smallest absolute Gasteiger partial charge is 0.327 e. The Balaban J connectivity index is 1.57. The van der Waals surface area contributed by atoms with Crippen molar-refractivity contribution >= 4 is 52.7 Å². The number of nitrogens with one attached hydrogen (secondary N) is 2. The number of nitrogens with zero attached hydrogens (tertiary/aromatic N) is 1. The molecule has 0 radical (unpaired) electrons. The van der Waals surface area contributed by atoms with Gasteiger partial charge in [-0.3, -0.25) is 19.3 Å². The van der Waals surface area contributed by atoms with Crippen LogP contribution in [0.5, 0.6) is 0 Å². The number of imide groups is 1. The van der Waals surface area contributed by atoms with Crippen molar-refractivity contribution in [3.05, 3.63) is 28.2 Å². The standard InChI is InChI=1S/C23H29Cl2N3O5/c1-13(19(30)26-16-7-5-6-15(24)18(16)25)33-17(29)12-28-20(31)23(27-21(28)32)10-8-14(9-11-23)22(2,3)4/h5-7,13-14H,8-12H2,1-4H3,(H,26,30)(H,27,32). The Morgan fingerprint density at radius 2 is 1.88 bits per heavy atom. The first-order valence-electron chi connectivity index (χ1n) is 10.9. The average molecular weight is 498 g/mol. The van der Waals surface area contributed by atoms with Crippen LogP contribution >= 0.6 is 23.2 Å². The molecule has 1 spiro atoms. The van der Waals surface area contributed by atoms with Crippen LogP contribution in [0, 0.1) is 11.3 Å². The third kappa shape index (κ3) is 5.44. The number of halogens is 2. The maximum absolute atomic E-state index is 13.0. The van der Waals surface area contributed by atoms with Gasteiger partial charge in [-0.2, -0.15) is 0 Å². The van der Waals surface area contributed by atoms with E-state index in [0.717, 1.165) is 17.7 Å². The monoisotopic (exact) mass is 497 g/mol. The number of esters is 1. The minimum Gasteiger partial charge on any atom is -0.451 e. The molecule has 2 N–H and O–H groups in total. The maximum Gasteiger partial charge on any atom is 0.327 e. The summed E-state index contributed by atoms with van der Waals surface area (Å²) < 4.78 is 5.15. The van der Waals surface area contributed by atoms with Gasteiger partial charge in [0.2, 0.25) is 0 Å². The molecule has 0 bridgehead atoms. The number of hydrogen-bond acceptors (Lipinski definition) is 5. The Labute approximate surface area is 203 Å². The van der Waals surface area contributed by atoms with Crippen molar-refractivity contribution in [2.45, 2.75) is 65.0 Å². The molecule has 1 heterocycles. The molecule has 1 saturated heterocycles. The SMILES string of the molecule is CC(OC(=O)CN1C(=O)NC2(CCC(C(C)(C)C)CC2)C1=O)C(=O)Nc1cccc(Cl)c1Cl. The number of hydrogen-bond donors (Lipinski definition) is 2. The molecule has 1 aliphatic heterocycles. The van der Waals surface area contributed by atoms with Crippen LogP contribution < -0.4 is 10.6 Å². The van der Waals surface area contributed by atoms with Crippen LogP contribution in [-0.4, -0.2) is 46.9 Å². The second-order valence-corrected chi connectivity index (χ2v) is 10.6. The van der Waals surface area contributed by atoms with Gasteiger partial charge in [-0.15, -0.1) is 0 Å². The lowest BCUT2D eigenvalue weighted by atomic mass is 9.67. The quantitative estimate of drug-likeness (QED) is 0.463. The maximum atomic E-state index is 13.0. The molecule has 1 saturated carbocycles. The fourth-order valence-corrected chi connectivity index (χ4v) is 4.73. The third-order valence-corrected chi connectivity index (χ3v) is 7.30. The largest absolute Gasteiger partial charge is 0.451 e. The molecule has 180 valence electrons. The van der Waals surface area contributed by atoms with Gasteiger partial charge in [-0.25, -0.2) is 4.79 Å². The van der Waals surface area contributed by atoms with Crippen molar-refractivity contribution in [1.82, 2.24) is 10.2 Å². The lowest BCUT2D eigenvalue weighted by Gasteiger charge is -2.40. The van der Waals surface area contributed by atoms with Gasteiger partial charge in [0.15, 0.2) is 6.10 Å². The summed E-state index contributed by atoms with van der Waals surface area (Å²) >= 11 is 12.0. The molecule has 4 amide bonds. The van der Waals surface area contributed by atoms with Crippen LogP contribution in [-0.2, 0) is 19.1 Å². The van der Waals surface area contributed by atoms with Crippen molar-refractivity contribution in [2.24, 2.45) is 11.3 Å². The summed E-state index contributed by atoms with van der Waals surface area (Å²) in [6, 6.07) is 4.13. The van der Waals surface area contributed by atoms with Gasteiger partial charge in [0.25, 0.3) is 11.8 Å². The molecular formula is C23H29Cl2N3O5. The van der Waals surface area contributed by atoms with E-state index in [9.17, 15) is 19.2 Å². The number of carbonyl (C=O) groups is 4. The molecule has 2 aliphatic rings. The normalized spacial score (nSPS) is 23.9. The number of anilines is 1. The van der Waals surface area contributed by atoms with Gasteiger partial charge < -0.3 is 15.4 Å². The Hall–Kier alpha value is -2.32. The molecule has 33 heavy (non-hydrogen) atoms. The first kappa shape index (κ1) is 25.3. The Morgan fingerprint density at radius 3 is 2.48 bits per heavy atom. The van der Waals surface area contributed by atoms with E-state index < -0.39 is 42.0 Å². The Kier molecular flexibility index (Phi) is 7.29. The van der Waals surface area contributed by atoms with Crippen molar-refractivity contribution in [3.8, 4) is 0 Å².